The van der Waals surface area contributed by atoms with E-state index >= 15 is 0 Å². The third-order valence-corrected chi connectivity index (χ3v) is 1.87. The van der Waals surface area contributed by atoms with Crippen molar-refractivity contribution in [2.24, 2.45) is 0 Å². The summed E-state index contributed by atoms with van der Waals surface area (Å²) in [5.74, 6) is -1.31. The molecule has 70 valence electrons. The molecule has 0 saturated carbocycles. The molecule has 0 fully saturated rings. The molecule has 0 heterocycles. The Labute approximate surface area is 75.3 Å². The zero-order valence-corrected chi connectivity index (χ0v) is 7.22. The second-order valence-electron chi connectivity index (χ2n) is 2.79. The molecule has 13 heavy (non-hydrogen) atoms. The summed E-state index contributed by atoms with van der Waals surface area (Å²) in [4.78, 5) is 0. The molecule has 0 aliphatic carbocycles. The van der Waals surface area contributed by atoms with Gasteiger partial charge in [-0.15, -0.1) is 6.58 Å². The van der Waals surface area contributed by atoms with Crippen LogP contribution in [0.1, 0.15) is 17.2 Å². The molecule has 0 aliphatic rings. The first-order chi connectivity index (χ1) is 6.06. The van der Waals surface area contributed by atoms with Crippen LogP contribution in [-0.4, -0.2) is 5.11 Å². The molecule has 1 atom stereocenters. The van der Waals surface area contributed by atoms with Gasteiger partial charge in [-0.25, -0.2) is 8.78 Å². The Balaban J connectivity index is 3.20. The van der Waals surface area contributed by atoms with E-state index < -0.39 is 17.7 Å². The van der Waals surface area contributed by atoms with Crippen LogP contribution in [-0.2, 0) is 0 Å². The van der Waals surface area contributed by atoms with Crippen molar-refractivity contribution in [3.05, 3.63) is 47.5 Å². The van der Waals surface area contributed by atoms with Crippen LogP contribution in [0.15, 0.2) is 24.8 Å². The molecule has 0 bridgehead atoms. The first-order valence-electron chi connectivity index (χ1n) is 3.82. The summed E-state index contributed by atoms with van der Waals surface area (Å²) in [5.41, 5.74) is 0.135. The van der Waals surface area contributed by atoms with Gasteiger partial charge in [0.25, 0.3) is 0 Å². The summed E-state index contributed by atoms with van der Waals surface area (Å²) in [7, 11) is 0. The minimum Gasteiger partial charge on any atom is -0.384 e. The monoisotopic (exact) mass is 184 g/mol. The van der Waals surface area contributed by atoms with Gasteiger partial charge < -0.3 is 5.11 Å². The third kappa shape index (κ3) is 1.92. The molecule has 0 radical (unpaired) electrons. The van der Waals surface area contributed by atoms with Crippen molar-refractivity contribution in [1.82, 2.24) is 0 Å². The molecule has 0 spiro atoms. The van der Waals surface area contributed by atoms with Crippen molar-refractivity contribution in [3.8, 4) is 0 Å². The van der Waals surface area contributed by atoms with E-state index in [0.29, 0.717) is 0 Å². The summed E-state index contributed by atoms with van der Waals surface area (Å²) in [6.45, 7) is 4.67. The maximum absolute atomic E-state index is 13.0. The van der Waals surface area contributed by atoms with Crippen LogP contribution in [0.3, 0.4) is 0 Å². The van der Waals surface area contributed by atoms with Crippen LogP contribution >= 0.6 is 0 Å². The Kier molecular flexibility index (Phi) is 2.78. The first-order valence-corrected chi connectivity index (χ1v) is 3.82. The minimum absolute atomic E-state index is 0.0417. The molecule has 1 aromatic rings. The van der Waals surface area contributed by atoms with E-state index in [-0.39, 0.29) is 11.1 Å². The van der Waals surface area contributed by atoms with Crippen LogP contribution in [0.4, 0.5) is 8.78 Å². The van der Waals surface area contributed by atoms with E-state index in [1.165, 1.54) is 13.0 Å². The van der Waals surface area contributed by atoms with E-state index in [0.717, 1.165) is 12.1 Å². The predicted octanol–water partition coefficient (Wildman–Crippen LogP) is 2.49. The van der Waals surface area contributed by atoms with Gasteiger partial charge in [-0.3, -0.25) is 0 Å². The Morgan fingerprint density at radius 1 is 1.38 bits per heavy atom. The van der Waals surface area contributed by atoms with Crippen LogP contribution < -0.4 is 0 Å². The highest BCUT2D eigenvalue weighted by molar-refractivity contribution is 5.28. The quantitative estimate of drug-likeness (QED) is 0.700. The predicted molar refractivity (Wildman–Crippen MR) is 46.3 cm³/mol. The average Bonchev–Trinajstić information content (AvgIpc) is 2.12. The van der Waals surface area contributed by atoms with E-state index in [1.54, 1.807) is 0 Å². The number of hydrogen-bond donors (Lipinski definition) is 1. The zero-order chi connectivity index (χ0) is 10.0. The van der Waals surface area contributed by atoms with Gasteiger partial charge in [0.15, 0.2) is 0 Å². The Morgan fingerprint density at radius 3 is 2.23 bits per heavy atom. The molecular weight excluding hydrogens is 174 g/mol. The second-order valence-corrected chi connectivity index (χ2v) is 2.79. The van der Waals surface area contributed by atoms with Crippen molar-refractivity contribution in [1.29, 1.82) is 0 Å². The molecule has 3 heteroatoms. The Bertz CT molecular complexity index is 311. The van der Waals surface area contributed by atoms with Crippen molar-refractivity contribution in [2.75, 3.05) is 0 Å². The summed E-state index contributed by atoms with van der Waals surface area (Å²) in [6.07, 6.45) is 0.188. The highest BCUT2D eigenvalue weighted by Crippen LogP contribution is 2.19. The van der Waals surface area contributed by atoms with Gasteiger partial charge in [0, 0.05) is 5.56 Å². The van der Waals surface area contributed by atoms with Crippen LogP contribution in [0.5, 0.6) is 0 Å². The van der Waals surface area contributed by atoms with E-state index in [4.69, 9.17) is 0 Å². The van der Waals surface area contributed by atoms with Gasteiger partial charge in [0.1, 0.15) is 11.6 Å². The van der Waals surface area contributed by atoms with Gasteiger partial charge in [0.2, 0.25) is 0 Å². The average molecular weight is 184 g/mol. The van der Waals surface area contributed by atoms with Gasteiger partial charge in [-0.1, -0.05) is 6.08 Å². The van der Waals surface area contributed by atoms with Crippen LogP contribution in [0, 0.1) is 18.6 Å². The normalized spacial score (nSPS) is 12.6. The van der Waals surface area contributed by atoms with Crippen LogP contribution in [0.2, 0.25) is 0 Å². The zero-order valence-electron chi connectivity index (χ0n) is 7.22. The fourth-order valence-corrected chi connectivity index (χ4v) is 0.972. The van der Waals surface area contributed by atoms with E-state index in [1.807, 2.05) is 0 Å². The smallest absolute Gasteiger partial charge is 0.129 e. The number of hydrogen-bond acceptors (Lipinski definition) is 1. The maximum atomic E-state index is 13.0. The molecule has 0 amide bonds. The molecule has 1 aromatic carbocycles. The standard InChI is InChI=1S/C10H10F2O/c1-3-10(13)7-4-8(11)6(2)9(12)5-7/h3-5,10,13H,1H2,2H3. The first kappa shape index (κ1) is 9.86. The molecule has 1 rings (SSSR count). The largest absolute Gasteiger partial charge is 0.384 e. The molecule has 1 N–H and O–H groups in total. The van der Waals surface area contributed by atoms with Crippen LogP contribution in [0.25, 0.3) is 0 Å². The van der Waals surface area contributed by atoms with Crippen molar-refractivity contribution >= 4 is 0 Å². The topological polar surface area (TPSA) is 20.2 Å². The number of rotatable bonds is 2. The van der Waals surface area contributed by atoms with Crippen molar-refractivity contribution in [3.63, 3.8) is 0 Å². The second kappa shape index (κ2) is 3.66. The number of aliphatic hydroxyl groups is 1. The fourth-order valence-electron chi connectivity index (χ4n) is 0.972. The highest BCUT2D eigenvalue weighted by atomic mass is 19.1. The lowest BCUT2D eigenvalue weighted by Crippen LogP contribution is -1.97. The number of benzene rings is 1. The van der Waals surface area contributed by atoms with Crippen molar-refractivity contribution in [2.45, 2.75) is 13.0 Å². The van der Waals surface area contributed by atoms with Crippen molar-refractivity contribution < 1.29 is 13.9 Å². The lowest BCUT2D eigenvalue weighted by Gasteiger charge is -2.07. The molecular formula is C10H10F2O. The third-order valence-electron chi connectivity index (χ3n) is 1.87. The maximum Gasteiger partial charge on any atom is 0.129 e. The van der Waals surface area contributed by atoms with Gasteiger partial charge in [0.05, 0.1) is 6.10 Å². The van der Waals surface area contributed by atoms with Gasteiger partial charge >= 0.3 is 0 Å². The SMILES string of the molecule is C=CC(O)c1cc(F)c(C)c(F)c1. The fraction of sp³-hybridized carbons (Fsp3) is 0.200. The lowest BCUT2D eigenvalue weighted by atomic mass is 10.1. The van der Waals surface area contributed by atoms with Gasteiger partial charge in [-0.2, -0.15) is 0 Å². The van der Waals surface area contributed by atoms with E-state index in [9.17, 15) is 13.9 Å². The molecule has 0 aromatic heterocycles. The highest BCUT2D eigenvalue weighted by Gasteiger charge is 2.10. The summed E-state index contributed by atoms with van der Waals surface area (Å²) in [5, 5.41) is 9.22. The summed E-state index contributed by atoms with van der Waals surface area (Å²) >= 11 is 0. The van der Waals surface area contributed by atoms with Gasteiger partial charge in [-0.05, 0) is 24.6 Å². The Morgan fingerprint density at radius 2 is 1.85 bits per heavy atom. The summed E-state index contributed by atoms with van der Waals surface area (Å²) in [6, 6.07) is 2.20. The summed E-state index contributed by atoms with van der Waals surface area (Å²) < 4.78 is 25.9. The lowest BCUT2D eigenvalue weighted by molar-refractivity contribution is 0.228. The minimum atomic E-state index is -1.02. The Hall–Kier alpha value is -1.22. The number of aliphatic hydroxyl groups excluding tert-OH is 1. The number of halogens is 2. The molecule has 0 aliphatic heterocycles. The van der Waals surface area contributed by atoms with E-state index in [2.05, 4.69) is 6.58 Å². The molecule has 1 nitrogen and oxygen atoms in total. The molecule has 0 saturated heterocycles. The molecule has 1 unspecified atom stereocenters.